The van der Waals surface area contributed by atoms with Gasteiger partial charge in [-0.15, -0.1) is 0 Å². The highest BCUT2D eigenvalue weighted by molar-refractivity contribution is 5.54. The second kappa shape index (κ2) is 6.25. The van der Waals surface area contributed by atoms with Crippen LogP contribution >= 0.6 is 0 Å². The third kappa shape index (κ3) is 2.78. The zero-order valence-electron chi connectivity index (χ0n) is 12.6. The van der Waals surface area contributed by atoms with E-state index in [1.807, 2.05) is 6.33 Å². The van der Waals surface area contributed by atoms with E-state index in [1.165, 1.54) is 16.9 Å². The van der Waals surface area contributed by atoms with E-state index in [-0.39, 0.29) is 5.92 Å². The number of fused-ring (bicyclic) bond motifs is 3. The summed E-state index contributed by atoms with van der Waals surface area (Å²) < 4.78 is 2.20. The fourth-order valence-corrected chi connectivity index (χ4v) is 3.20. The summed E-state index contributed by atoms with van der Waals surface area (Å²) in [6.07, 6.45) is 9.13. The summed E-state index contributed by atoms with van der Waals surface area (Å²) in [6.45, 7) is 2.16. The van der Waals surface area contributed by atoms with Crippen LogP contribution in [0.3, 0.4) is 0 Å². The van der Waals surface area contributed by atoms with Crippen molar-refractivity contribution in [2.75, 3.05) is 0 Å². The van der Waals surface area contributed by atoms with Crippen molar-refractivity contribution in [2.45, 2.75) is 45.4 Å². The first kappa shape index (κ1) is 14.1. The maximum Gasteiger partial charge on any atom is 0.123 e. The van der Waals surface area contributed by atoms with Gasteiger partial charge in [-0.25, -0.2) is 4.98 Å². The van der Waals surface area contributed by atoms with Crippen LogP contribution in [0.15, 0.2) is 30.6 Å². The smallest absolute Gasteiger partial charge is 0.123 e. The quantitative estimate of drug-likeness (QED) is 0.760. The molecule has 1 aliphatic heterocycles. The Balaban J connectivity index is 1.84. The molecule has 1 aliphatic rings. The Morgan fingerprint density at radius 3 is 3.00 bits per heavy atom. The number of para-hydroxylation sites is 1. The van der Waals surface area contributed by atoms with E-state index >= 15 is 0 Å². The molecule has 2 heterocycles. The molecule has 0 N–H and O–H groups in total. The van der Waals surface area contributed by atoms with Crippen molar-refractivity contribution in [2.24, 2.45) is 5.92 Å². The summed E-state index contributed by atoms with van der Waals surface area (Å²) in [7, 11) is 0. The van der Waals surface area contributed by atoms with Crippen molar-refractivity contribution >= 4 is 6.29 Å². The summed E-state index contributed by atoms with van der Waals surface area (Å²) in [5.41, 5.74) is 5.02. The van der Waals surface area contributed by atoms with Gasteiger partial charge >= 0.3 is 0 Å². The van der Waals surface area contributed by atoms with Crippen LogP contribution in [0.2, 0.25) is 0 Å². The highest BCUT2D eigenvalue weighted by atomic mass is 16.1. The Bertz CT molecular complexity index is 630. The minimum Gasteiger partial charge on any atom is -0.303 e. The van der Waals surface area contributed by atoms with Gasteiger partial charge in [0, 0.05) is 23.7 Å². The van der Waals surface area contributed by atoms with Gasteiger partial charge in [-0.3, -0.25) is 0 Å². The summed E-state index contributed by atoms with van der Waals surface area (Å²) in [5.74, 6) is 0.113. The average Bonchev–Trinajstić information content (AvgIpc) is 2.94. The lowest BCUT2D eigenvalue weighted by Crippen LogP contribution is -2.14. The number of imidazole rings is 1. The molecule has 3 nitrogen and oxygen atoms in total. The van der Waals surface area contributed by atoms with Crippen molar-refractivity contribution in [3.63, 3.8) is 0 Å². The number of rotatable bonds is 6. The summed E-state index contributed by atoms with van der Waals surface area (Å²) in [6, 6.07) is 8.50. The molecule has 0 unspecified atom stereocenters. The van der Waals surface area contributed by atoms with Crippen LogP contribution in [-0.2, 0) is 24.1 Å². The molecular weight excluding hydrogens is 260 g/mol. The van der Waals surface area contributed by atoms with E-state index in [9.17, 15) is 4.79 Å². The Morgan fingerprint density at radius 2 is 2.19 bits per heavy atom. The normalized spacial score (nSPS) is 14.3. The molecule has 1 atom stereocenters. The third-order valence-electron chi connectivity index (χ3n) is 4.41. The van der Waals surface area contributed by atoms with Gasteiger partial charge in [0.1, 0.15) is 6.29 Å². The van der Waals surface area contributed by atoms with E-state index in [2.05, 4.69) is 40.7 Å². The molecule has 0 radical (unpaired) electrons. The lowest BCUT2D eigenvalue weighted by Gasteiger charge is -2.20. The van der Waals surface area contributed by atoms with Crippen LogP contribution in [0.5, 0.6) is 0 Å². The van der Waals surface area contributed by atoms with Crippen molar-refractivity contribution in [3.8, 4) is 5.69 Å². The van der Waals surface area contributed by atoms with Crippen molar-refractivity contribution in [3.05, 3.63) is 47.5 Å². The Labute approximate surface area is 126 Å². The Hall–Kier alpha value is -1.90. The van der Waals surface area contributed by atoms with Crippen molar-refractivity contribution < 1.29 is 4.79 Å². The molecular formula is C18H22N2O. The average molecular weight is 282 g/mol. The van der Waals surface area contributed by atoms with Gasteiger partial charge < -0.3 is 9.36 Å². The molecule has 3 heteroatoms. The second-order valence-corrected chi connectivity index (χ2v) is 5.88. The van der Waals surface area contributed by atoms with E-state index in [4.69, 9.17) is 0 Å². The number of hydrogen-bond donors (Lipinski definition) is 0. The first-order valence-corrected chi connectivity index (χ1v) is 7.92. The van der Waals surface area contributed by atoms with E-state index in [0.29, 0.717) is 0 Å². The van der Waals surface area contributed by atoms with Crippen molar-refractivity contribution in [1.29, 1.82) is 0 Å². The molecule has 0 fully saturated rings. The third-order valence-corrected chi connectivity index (χ3v) is 4.41. The molecule has 1 aromatic carbocycles. The molecule has 0 amide bonds. The zero-order valence-corrected chi connectivity index (χ0v) is 12.6. The first-order chi connectivity index (χ1) is 10.3. The molecule has 0 saturated heterocycles. The maximum atomic E-state index is 11.3. The van der Waals surface area contributed by atoms with Gasteiger partial charge in [-0.2, -0.15) is 0 Å². The topological polar surface area (TPSA) is 34.9 Å². The van der Waals surface area contributed by atoms with Gasteiger partial charge in [0.2, 0.25) is 0 Å². The number of nitrogens with zero attached hydrogens (tertiary/aromatic N) is 2. The maximum absolute atomic E-state index is 11.3. The van der Waals surface area contributed by atoms with Gasteiger partial charge in [-0.05, 0) is 30.9 Å². The van der Waals surface area contributed by atoms with Gasteiger partial charge in [0.15, 0.2) is 0 Å². The first-order valence-electron chi connectivity index (χ1n) is 7.92. The summed E-state index contributed by atoms with van der Waals surface area (Å²) in [4.78, 5) is 15.9. The molecule has 3 rings (SSSR count). The summed E-state index contributed by atoms with van der Waals surface area (Å²) in [5, 5.41) is 0. The van der Waals surface area contributed by atoms with Crippen LogP contribution < -0.4 is 0 Å². The fourth-order valence-electron chi connectivity index (χ4n) is 3.20. The number of aryl methyl sites for hydroxylation is 1. The van der Waals surface area contributed by atoms with E-state index in [0.717, 1.165) is 50.5 Å². The van der Waals surface area contributed by atoms with Crippen LogP contribution in [0.25, 0.3) is 5.69 Å². The number of carbonyl (C=O) groups excluding carboxylic acids is 1. The summed E-state index contributed by atoms with van der Waals surface area (Å²) >= 11 is 0. The number of hydrogen-bond acceptors (Lipinski definition) is 2. The van der Waals surface area contributed by atoms with Crippen molar-refractivity contribution in [1.82, 2.24) is 9.55 Å². The lowest BCUT2D eigenvalue weighted by molar-refractivity contribution is -0.111. The zero-order chi connectivity index (χ0) is 14.7. The standard InChI is InChI=1S/C18H22N2O/c1-2-3-6-14(12-21)11-16-18-10-9-15-7-4-5-8-17(15)20(18)13-19-16/h4-5,7-8,12-14H,2-3,6,9-11H2,1H3/t14-/m0/s1. The lowest BCUT2D eigenvalue weighted by atomic mass is 9.95. The highest BCUT2D eigenvalue weighted by Gasteiger charge is 2.21. The molecule has 0 bridgehead atoms. The molecule has 21 heavy (non-hydrogen) atoms. The molecule has 0 spiro atoms. The van der Waals surface area contributed by atoms with Gasteiger partial charge in [0.05, 0.1) is 12.0 Å². The second-order valence-electron chi connectivity index (χ2n) is 5.88. The monoisotopic (exact) mass is 282 g/mol. The number of aldehydes is 1. The SMILES string of the molecule is CCCC[C@H](C=O)Cc1ncn2c1CCc1ccccc1-2. The number of unbranched alkanes of at least 4 members (excludes halogenated alkanes) is 1. The Morgan fingerprint density at radius 1 is 1.33 bits per heavy atom. The van der Waals surface area contributed by atoms with Crippen LogP contribution in [0, 0.1) is 5.92 Å². The number of carbonyl (C=O) groups is 1. The van der Waals surface area contributed by atoms with Gasteiger partial charge in [0.25, 0.3) is 0 Å². The highest BCUT2D eigenvalue weighted by Crippen LogP contribution is 2.27. The predicted molar refractivity (Wildman–Crippen MR) is 83.8 cm³/mol. The number of benzene rings is 1. The predicted octanol–water partition coefficient (Wildman–Crippen LogP) is 3.52. The fraction of sp³-hybridized carbons (Fsp3) is 0.444. The minimum atomic E-state index is 0.113. The van der Waals surface area contributed by atoms with Crippen LogP contribution in [0.4, 0.5) is 0 Å². The number of aromatic nitrogens is 2. The molecule has 0 saturated carbocycles. The minimum absolute atomic E-state index is 0.113. The van der Waals surface area contributed by atoms with E-state index < -0.39 is 0 Å². The molecule has 1 aromatic heterocycles. The molecule has 110 valence electrons. The largest absolute Gasteiger partial charge is 0.303 e. The Kier molecular flexibility index (Phi) is 4.18. The van der Waals surface area contributed by atoms with Gasteiger partial charge in [-0.1, -0.05) is 38.0 Å². The van der Waals surface area contributed by atoms with Crippen LogP contribution in [0.1, 0.15) is 43.1 Å². The molecule has 0 aliphatic carbocycles. The van der Waals surface area contributed by atoms with Crippen LogP contribution in [-0.4, -0.2) is 15.8 Å². The van der Waals surface area contributed by atoms with E-state index in [1.54, 1.807) is 0 Å². The molecule has 2 aromatic rings.